The van der Waals surface area contributed by atoms with Crippen LogP contribution in [0.25, 0.3) is 0 Å². The first-order valence-electron chi connectivity index (χ1n) is 9.81. The van der Waals surface area contributed by atoms with Crippen LogP contribution in [0.3, 0.4) is 0 Å². The van der Waals surface area contributed by atoms with Gasteiger partial charge in [0.2, 0.25) is 10.0 Å². The second-order valence-electron chi connectivity index (χ2n) is 7.14. The predicted octanol–water partition coefficient (Wildman–Crippen LogP) is 1.13. The molecule has 1 fully saturated rings. The van der Waals surface area contributed by atoms with Crippen molar-refractivity contribution in [2.45, 2.75) is 17.7 Å². The average molecular weight is 491 g/mol. The summed E-state index contributed by atoms with van der Waals surface area (Å²) >= 11 is 3.33. The molecule has 0 atom stereocenters. The van der Waals surface area contributed by atoms with Crippen LogP contribution < -0.4 is 10.0 Å². The number of halogens is 1. The van der Waals surface area contributed by atoms with Crippen molar-refractivity contribution in [3.8, 4) is 0 Å². The van der Waals surface area contributed by atoms with Gasteiger partial charge in [0.05, 0.1) is 17.1 Å². The Morgan fingerprint density at radius 3 is 2.59 bits per heavy atom. The Kier molecular flexibility index (Phi) is 10.0. The average Bonchev–Trinajstić information content (AvgIpc) is 2.69. The molecule has 0 saturated carbocycles. The summed E-state index contributed by atoms with van der Waals surface area (Å²) in [5.74, 6) is -0.287. The molecule has 2 N–H and O–H groups in total. The molecule has 1 aliphatic heterocycles. The number of hydrogen-bond acceptors (Lipinski definition) is 6. The standard InChI is InChI=1S/C19H31BrN4O4S/c1-23-10-12-24(13-11-23)9-4-3-7-21-19(25)17-15-16(5-6-18(17)20)29(26,27)22-8-14-28-2/h5-6,15,22H,3-4,7-14H2,1-2H3,(H,21,25). The summed E-state index contributed by atoms with van der Waals surface area (Å²) in [5, 5.41) is 2.88. The summed E-state index contributed by atoms with van der Waals surface area (Å²) in [6, 6.07) is 4.43. The lowest BCUT2D eigenvalue weighted by Gasteiger charge is -2.32. The number of carbonyl (C=O) groups is 1. The maximum Gasteiger partial charge on any atom is 0.252 e. The first kappa shape index (κ1) is 24.2. The van der Waals surface area contributed by atoms with Gasteiger partial charge in [-0.25, -0.2) is 13.1 Å². The first-order chi connectivity index (χ1) is 13.8. The number of benzene rings is 1. The normalized spacial score (nSPS) is 16.1. The molecular formula is C19H31BrN4O4S. The van der Waals surface area contributed by atoms with Gasteiger partial charge in [-0.3, -0.25) is 4.79 Å². The molecule has 8 nitrogen and oxygen atoms in total. The van der Waals surface area contributed by atoms with Crippen LogP contribution in [0.1, 0.15) is 23.2 Å². The second kappa shape index (κ2) is 12.0. The molecule has 1 aromatic carbocycles. The molecule has 0 aromatic heterocycles. The number of nitrogens with one attached hydrogen (secondary N) is 2. The number of piperazine rings is 1. The highest BCUT2D eigenvalue weighted by Gasteiger charge is 2.18. The van der Waals surface area contributed by atoms with Crippen molar-refractivity contribution >= 4 is 31.9 Å². The van der Waals surface area contributed by atoms with Gasteiger partial charge in [0, 0.05) is 50.9 Å². The Labute approximate surface area is 182 Å². The van der Waals surface area contributed by atoms with E-state index in [1.165, 1.54) is 19.2 Å². The van der Waals surface area contributed by atoms with Crippen molar-refractivity contribution in [2.75, 3.05) is 66.6 Å². The molecule has 164 valence electrons. The van der Waals surface area contributed by atoms with Gasteiger partial charge in [0.15, 0.2) is 0 Å². The molecule has 0 aliphatic carbocycles. The van der Waals surface area contributed by atoms with E-state index in [1.807, 2.05) is 0 Å². The van der Waals surface area contributed by atoms with Gasteiger partial charge in [-0.05, 0) is 60.6 Å². The third kappa shape index (κ3) is 7.95. The zero-order chi connectivity index (χ0) is 21.3. The van der Waals surface area contributed by atoms with E-state index in [-0.39, 0.29) is 24.0 Å². The van der Waals surface area contributed by atoms with Crippen LogP contribution in [0.5, 0.6) is 0 Å². The molecule has 0 bridgehead atoms. The second-order valence-corrected chi connectivity index (χ2v) is 9.76. The molecule has 10 heteroatoms. The van der Waals surface area contributed by atoms with Gasteiger partial charge >= 0.3 is 0 Å². The van der Waals surface area contributed by atoms with Crippen molar-refractivity contribution in [3.63, 3.8) is 0 Å². The minimum absolute atomic E-state index is 0.0528. The van der Waals surface area contributed by atoms with E-state index >= 15 is 0 Å². The molecule has 29 heavy (non-hydrogen) atoms. The quantitative estimate of drug-likeness (QED) is 0.451. The topological polar surface area (TPSA) is 91.0 Å². The van der Waals surface area contributed by atoms with E-state index in [0.717, 1.165) is 45.6 Å². The largest absolute Gasteiger partial charge is 0.383 e. The SMILES string of the molecule is COCCNS(=O)(=O)c1ccc(Br)c(C(=O)NCCCCN2CCN(C)CC2)c1. The fourth-order valence-electron chi connectivity index (χ4n) is 3.04. The molecule has 1 aliphatic rings. The van der Waals surface area contributed by atoms with Gasteiger partial charge in [-0.1, -0.05) is 0 Å². The van der Waals surface area contributed by atoms with E-state index < -0.39 is 10.0 Å². The Hall–Kier alpha value is -1.04. The minimum Gasteiger partial charge on any atom is -0.383 e. The van der Waals surface area contributed by atoms with Crippen LogP contribution in [0.2, 0.25) is 0 Å². The minimum atomic E-state index is -3.69. The number of carbonyl (C=O) groups excluding carboxylic acids is 1. The Balaban J connectivity index is 1.82. The van der Waals surface area contributed by atoms with Crippen LogP contribution in [0.15, 0.2) is 27.6 Å². The zero-order valence-corrected chi connectivity index (χ0v) is 19.5. The molecule has 0 unspecified atom stereocenters. The van der Waals surface area contributed by atoms with Crippen molar-refractivity contribution in [1.29, 1.82) is 0 Å². The van der Waals surface area contributed by atoms with Gasteiger partial charge < -0.3 is 19.9 Å². The number of unbranched alkanes of at least 4 members (excludes halogenated alkanes) is 1. The van der Waals surface area contributed by atoms with Crippen molar-refractivity contribution in [1.82, 2.24) is 19.8 Å². The summed E-state index contributed by atoms with van der Waals surface area (Å²) in [4.78, 5) is 17.3. The molecule has 1 aromatic rings. The van der Waals surface area contributed by atoms with Gasteiger partial charge in [-0.15, -0.1) is 0 Å². The van der Waals surface area contributed by atoms with Crippen LogP contribution in [-0.2, 0) is 14.8 Å². The number of rotatable bonds is 11. The highest BCUT2D eigenvalue weighted by molar-refractivity contribution is 9.10. The summed E-state index contributed by atoms with van der Waals surface area (Å²) in [7, 11) is -0.0493. The fraction of sp³-hybridized carbons (Fsp3) is 0.632. The summed E-state index contributed by atoms with van der Waals surface area (Å²) in [5.41, 5.74) is 0.304. The van der Waals surface area contributed by atoms with E-state index in [9.17, 15) is 13.2 Å². The number of sulfonamides is 1. The maximum atomic E-state index is 12.5. The van der Waals surface area contributed by atoms with Crippen LogP contribution in [0.4, 0.5) is 0 Å². The molecule has 0 radical (unpaired) electrons. The summed E-state index contributed by atoms with van der Waals surface area (Å²) < 4.78 is 32.5. The highest BCUT2D eigenvalue weighted by atomic mass is 79.9. The third-order valence-corrected chi connectivity index (χ3v) is 7.02. The lowest BCUT2D eigenvalue weighted by atomic mass is 10.2. The molecular weight excluding hydrogens is 460 g/mol. The van der Waals surface area contributed by atoms with E-state index in [1.54, 1.807) is 6.07 Å². The monoisotopic (exact) mass is 490 g/mol. The Bertz CT molecular complexity index is 767. The number of nitrogens with zero attached hydrogens (tertiary/aromatic N) is 2. The van der Waals surface area contributed by atoms with E-state index in [0.29, 0.717) is 16.6 Å². The predicted molar refractivity (Wildman–Crippen MR) is 117 cm³/mol. The Morgan fingerprint density at radius 2 is 1.90 bits per heavy atom. The van der Waals surface area contributed by atoms with Crippen molar-refractivity contribution in [3.05, 3.63) is 28.2 Å². The summed E-state index contributed by atoms with van der Waals surface area (Å²) in [6.07, 6.45) is 1.90. The van der Waals surface area contributed by atoms with Crippen LogP contribution in [-0.4, -0.2) is 90.7 Å². The van der Waals surface area contributed by atoms with E-state index in [4.69, 9.17) is 4.74 Å². The van der Waals surface area contributed by atoms with Gasteiger partial charge in [-0.2, -0.15) is 0 Å². The smallest absolute Gasteiger partial charge is 0.252 e. The molecule has 1 saturated heterocycles. The molecule has 0 spiro atoms. The van der Waals surface area contributed by atoms with Crippen LogP contribution in [0, 0.1) is 0 Å². The fourth-order valence-corrected chi connectivity index (χ4v) is 4.50. The van der Waals surface area contributed by atoms with Crippen LogP contribution >= 0.6 is 15.9 Å². The summed E-state index contributed by atoms with van der Waals surface area (Å²) in [6.45, 7) is 6.43. The third-order valence-electron chi connectivity index (χ3n) is 4.87. The lowest BCUT2D eigenvalue weighted by Crippen LogP contribution is -2.44. The number of likely N-dealkylation sites (N-methyl/N-ethyl adjacent to an activating group) is 1. The molecule has 1 heterocycles. The Morgan fingerprint density at radius 1 is 1.17 bits per heavy atom. The van der Waals surface area contributed by atoms with Gasteiger partial charge in [0.25, 0.3) is 5.91 Å². The van der Waals surface area contributed by atoms with Gasteiger partial charge in [0.1, 0.15) is 0 Å². The maximum absolute atomic E-state index is 12.5. The number of ether oxygens (including phenoxy) is 1. The van der Waals surface area contributed by atoms with E-state index in [2.05, 4.69) is 42.8 Å². The molecule has 2 rings (SSSR count). The number of amides is 1. The highest BCUT2D eigenvalue weighted by Crippen LogP contribution is 2.21. The van der Waals surface area contributed by atoms with Crippen molar-refractivity contribution in [2.24, 2.45) is 0 Å². The first-order valence-corrected chi connectivity index (χ1v) is 12.1. The van der Waals surface area contributed by atoms with Crippen molar-refractivity contribution < 1.29 is 17.9 Å². The number of hydrogen-bond donors (Lipinski definition) is 2. The lowest BCUT2D eigenvalue weighted by molar-refractivity contribution is 0.0951. The zero-order valence-electron chi connectivity index (χ0n) is 17.1. The number of methoxy groups -OCH3 is 1. The molecule has 1 amide bonds.